The maximum absolute atomic E-state index is 13.0. The van der Waals surface area contributed by atoms with Crippen LogP contribution in [0, 0.1) is 0 Å². The number of benzene rings is 2. The highest BCUT2D eigenvalue weighted by atomic mass is 32.2. The van der Waals surface area contributed by atoms with Gasteiger partial charge in [0.25, 0.3) is 5.91 Å². The zero-order valence-electron chi connectivity index (χ0n) is 19.8. The topological polar surface area (TPSA) is 107 Å². The van der Waals surface area contributed by atoms with Gasteiger partial charge in [0.1, 0.15) is 6.54 Å². The predicted molar refractivity (Wildman–Crippen MR) is 132 cm³/mol. The van der Waals surface area contributed by atoms with Gasteiger partial charge in [-0.05, 0) is 47.9 Å². The smallest absolute Gasteiger partial charge is 0.325 e. The van der Waals surface area contributed by atoms with E-state index < -0.39 is 21.9 Å². The first-order chi connectivity index (χ1) is 16.7. The van der Waals surface area contributed by atoms with Gasteiger partial charge in [0.05, 0.1) is 35.4 Å². The van der Waals surface area contributed by atoms with E-state index in [4.69, 9.17) is 9.47 Å². The zero-order valence-corrected chi connectivity index (χ0v) is 21.4. The van der Waals surface area contributed by atoms with Crippen LogP contribution in [0.15, 0.2) is 52.4 Å². The van der Waals surface area contributed by atoms with E-state index in [1.165, 1.54) is 47.0 Å². The van der Waals surface area contributed by atoms with E-state index >= 15 is 0 Å². The molecule has 1 amide bonds. The summed E-state index contributed by atoms with van der Waals surface area (Å²) in [5.41, 5.74) is 2.16. The summed E-state index contributed by atoms with van der Waals surface area (Å²) >= 11 is 1.31. The summed E-state index contributed by atoms with van der Waals surface area (Å²) in [7, 11) is -2.35. The van der Waals surface area contributed by atoms with Crippen LogP contribution in [-0.2, 0) is 30.8 Å². The van der Waals surface area contributed by atoms with Crippen LogP contribution in [0.1, 0.15) is 35.7 Å². The van der Waals surface area contributed by atoms with Crippen LogP contribution in [0.25, 0.3) is 10.2 Å². The maximum Gasteiger partial charge on any atom is 0.325 e. The normalized spacial score (nSPS) is 15.6. The Hall–Kier alpha value is -2.86. The number of hydrogen-bond donors (Lipinski definition) is 0. The summed E-state index contributed by atoms with van der Waals surface area (Å²) in [5, 5.41) is 0. The molecule has 0 saturated carbocycles. The van der Waals surface area contributed by atoms with Crippen LogP contribution in [0.5, 0.6) is 0 Å². The number of carbonyl (C=O) groups excluding carboxylic acids is 2. The Labute approximate surface area is 207 Å². The van der Waals surface area contributed by atoms with E-state index in [1.807, 2.05) is 18.2 Å². The minimum absolute atomic E-state index is 0.0830. The number of amides is 1. The van der Waals surface area contributed by atoms with E-state index in [-0.39, 0.29) is 17.0 Å². The second-order valence-corrected chi connectivity index (χ2v) is 11.3. The van der Waals surface area contributed by atoms with E-state index in [2.05, 4.69) is 18.8 Å². The molecule has 0 atom stereocenters. The highest BCUT2D eigenvalue weighted by molar-refractivity contribution is 7.89. The van der Waals surface area contributed by atoms with Crippen LogP contribution < -0.4 is 4.80 Å². The van der Waals surface area contributed by atoms with Crippen molar-refractivity contribution in [2.75, 3.05) is 33.4 Å². The number of morpholine rings is 1. The molecule has 35 heavy (non-hydrogen) atoms. The first-order valence-corrected chi connectivity index (χ1v) is 13.4. The zero-order chi connectivity index (χ0) is 25.2. The Balaban J connectivity index is 1.68. The Morgan fingerprint density at radius 1 is 1.11 bits per heavy atom. The average Bonchev–Trinajstić information content (AvgIpc) is 3.20. The third-order valence-corrected chi connectivity index (χ3v) is 8.75. The molecule has 0 unspecified atom stereocenters. The number of hydrogen-bond acceptors (Lipinski definition) is 7. The molecule has 186 valence electrons. The first-order valence-electron chi connectivity index (χ1n) is 11.2. The van der Waals surface area contributed by atoms with E-state index in [1.54, 1.807) is 4.57 Å². The summed E-state index contributed by atoms with van der Waals surface area (Å²) in [5.74, 6) is -0.663. The van der Waals surface area contributed by atoms with Gasteiger partial charge in [-0.15, -0.1) is 0 Å². The molecular weight excluding hydrogens is 490 g/mol. The molecule has 4 rings (SSSR count). The van der Waals surface area contributed by atoms with Crippen molar-refractivity contribution in [1.29, 1.82) is 0 Å². The molecule has 1 aromatic heterocycles. The fraction of sp³-hybridized carbons (Fsp3) is 0.375. The van der Waals surface area contributed by atoms with Crippen LogP contribution in [-0.4, -0.2) is 62.6 Å². The van der Waals surface area contributed by atoms with Crippen molar-refractivity contribution in [1.82, 2.24) is 8.87 Å². The van der Waals surface area contributed by atoms with Crippen molar-refractivity contribution < 1.29 is 27.5 Å². The van der Waals surface area contributed by atoms with Gasteiger partial charge in [-0.25, -0.2) is 8.42 Å². The van der Waals surface area contributed by atoms with Gasteiger partial charge in [0.2, 0.25) is 10.0 Å². The van der Waals surface area contributed by atoms with Crippen molar-refractivity contribution >= 4 is 43.5 Å². The third-order valence-electron chi connectivity index (χ3n) is 5.79. The quantitative estimate of drug-likeness (QED) is 0.466. The summed E-state index contributed by atoms with van der Waals surface area (Å²) < 4.78 is 39.6. The van der Waals surface area contributed by atoms with Gasteiger partial charge >= 0.3 is 5.97 Å². The van der Waals surface area contributed by atoms with Crippen molar-refractivity contribution in [3.05, 3.63) is 58.4 Å². The molecule has 0 spiro atoms. The first kappa shape index (κ1) is 25.2. The number of esters is 1. The van der Waals surface area contributed by atoms with E-state index in [0.717, 1.165) is 15.8 Å². The fourth-order valence-electron chi connectivity index (χ4n) is 3.74. The third kappa shape index (κ3) is 5.37. The number of nitrogens with zero attached hydrogens (tertiary/aromatic N) is 3. The molecule has 0 aliphatic carbocycles. The number of methoxy groups -OCH3 is 1. The Kier molecular flexibility index (Phi) is 7.50. The summed E-state index contributed by atoms with van der Waals surface area (Å²) in [4.78, 5) is 29.7. The highest BCUT2D eigenvalue weighted by Crippen LogP contribution is 2.24. The minimum atomic E-state index is -3.66. The number of fused-ring (bicyclic) bond motifs is 1. The molecule has 11 heteroatoms. The number of rotatable bonds is 6. The number of sulfonamides is 1. The molecule has 2 heterocycles. The van der Waals surface area contributed by atoms with Crippen LogP contribution in [0.3, 0.4) is 0 Å². The molecule has 9 nitrogen and oxygen atoms in total. The fourth-order valence-corrected chi connectivity index (χ4v) is 6.22. The lowest BCUT2D eigenvalue weighted by atomic mass is 10.0. The van der Waals surface area contributed by atoms with Crippen molar-refractivity contribution in [3.63, 3.8) is 0 Å². The van der Waals surface area contributed by atoms with Crippen LogP contribution in [0.2, 0.25) is 0 Å². The van der Waals surface area contributed by atoms with E-state index in [9.17, 15) is 18.0 Å². The second kappa shape index (κ2) is 10.4. The monoisotopic (exact) mass is 517 g/mol. The molecular formula is C24H27N3O6S2. The summed E-state index contributed by atoms with van der Waals surface area (Å²) in [6, 6.07) is 11.7. The number of carbonyl (C=O) groups is 2. The molecule has 0 N–H and O–H groups in total. The van der Waals surface area contributed by atoms with Crippen molar-refractivity contribution in [3.8, 4) is 0 Å². The Morgan fingerprint density at radius 3 is 2.43 bits per heavy atom. The van der Waals surface area contributed by atoms with Crippen LogP contribution >= 0.6 is 11.3 Å². The predicted octanol–water partition coefficient (Wildman–Crippen LogP) is 2.76. The molecule has 1 saturated heterocycles. The largest absolute Gasteiger partial charge is 0.468 e. The lowest BCUT2D eigenvalue weighted by Crippen LogP contribution is -2.40. The van der Waals surface area contributed by atoms with E-state index in [0.29, 0.717) is 37.0 Å². The van der Waals surface area contributed by atoms with Gasteiger partial charge in [0, 0.05) is 18.7 Å². The van der Waals surface area contributed by atoms with Crippen molar-refractivity contribution in [2.45, 2.75) is 31.2 Å². The van der Waals surface area contributed by atoms with Gasteiger partial charge in [-0.1, -0.05) is 31.3 Å². The van der Waals surface area contributed by atoms with Gasteiger partial charge < -0.3 is 14.0 Å². The maximum atomic E-state index is 13.0. The van der Waals surface area contributed by atoms with Crippen molar-refractivity contribution in [2.24, 2.45) is 4.99 Å². The van der Waals surface area contributed by atoms with Gasteiger partial charge in [-0.2, -0.15) is 9.30 Å². The van der Waals surface area contributed by atoms with Crippen LogP contribution in [0.4, 0.5) is 0 Å². The number of thiazole rings is 1. The molecule has 1 aliphatic rings. The lowest BCUT2D eigenvalue weighted by molar-refractivity contribution is -0.141. The molecule has 1 aliphatic heterocycles. The number of aromatic nitrogens is 1. The second-order valence-electron chi connectivity index (χ2n) is 8.39. The molecule has 2 aromatic carbocycles. The molecule has 3 aromatic rings. The number of ether oxygens (including phenoxy) is 2. The summed E-state index contributed by atoms with van der Waals surface area (Å²) in [6.45, 7) is 5.40. The average molecular weight is 518 g/mol. The Bertz CT molecular complexity index is 1420. The highest BCUT2D eigenvalue weighted by Gasteiger charge is 2.26. The van der Waals surface area contributed by atoms with Gasteiger partial charge in [-0.3, -0.25) is 9.59 Å². The molecule has 0 radical (unpaired) electrons. The van der Waals surface area contributed by atoms with Gasteiger partial charge in [0.15, 0.2) is 4.80 Å². The lowest BCUT2D eigenvalue weighted by Gasteiger charge is -2.26. The molecule has 1 fully saturated rings. The SMILES string of the molecule is COC(=O)Cn1c(=NC(=O)c2ccc(S(=O)(=O)N3CCOCC3)cc2)sc2cc(C(C)C)ccc21. The summed E-state index contributed by atoms with van der Waals surface area (Å²) in [6.07, 6.45) is 0. The molecule has 0 bridgehead atoms. The standard InChI is InChI=1S/C24H27N3O6S2/c1-16(2)18-6-9-20-21(14-18)34-24(27(20)15-22(28)32-3)25-23(29)17-4-7-19(8-5-17)35(30,31)26-10-12-33-13-11-26/h4-9,14,16H,10-13,15H2,1-3H3. The minimum Gasteiger partial charge on any atom is -0.468 e. The Morgan fingerprint density at radius 2 is 1.80 bits per heavy atom.